The molecule has 3 N–H and O–H groups in total. The average Bonchev–Trinajstić information content (AvgIpc) is 2.90. The van der Waals surface area contributed by atoms with E-state index in [1.165, 1.54) is 13.4 Å². The second-order valence-corrected chi connectivity index (χ2v) is 3.60. The first-order valence-corrected chi connectivity index (χ1v) is 5.32. The Bertz CT molecular complexity index is 538. The summed E-state index contributed by atoms with van der Waals surface area (Å²) >= 11 is 0. The number of para-hydroxylation sites is 1. The van der Waals surface area contributed by atoms with E-state index in [2.05, 4.69) is 15.2 Å². The summed E-state index contributed by atoms with van der Waals surface area (Å²) in [5, 5.41) is 6.84. The lowest BCUT2D eigenvalue weighted by Crippen LogP contribution is -2.09. The minimum absolute atomic E-state index is 0.336. The van der Waals surface area contributed by atoms with Crippen molar-refractivity contribution in [3.8, 4) is 0 Å². The molecule has 0 bridgehead atoms. The predicted octanol–water partition coefficient (Wildman–Crippen LogP) is 1.66. The fourth-order valence-electron chi connectivity index (χ4n) is 1.52. The fraction of sp³-hybridized carbons (Fsp3) is 0.167. The first-order valence-electron chi connectivity index (χ1n) is 5.32. The zero-order chi connectivity index (χ0) is 13.0. The summed E-state index contributed by atoms with van der Waals surface area (Å²) in [6, 6.07) is 6.87. The van der Waals surface area contributed by atoms with Crippen LogP contribution in [-0.2, 0) is 11.3 Å². The van der Waals surface area contributed by atoms with Crippen molar-refractivity contribution in [2.45, 2.75) is 6.54 Å². The van der Waals surface area contributed by atoms with Gasteiger partial charge in [-0.1, -0.05) is 11.2 Å². The zero-order valence-electron chi connectivity index (χ0n) is 9.84. The lowest BCUT2D eigenvalue weighted by atomic mass is 10.1. The minimum Gasteiger partial charge on any atom is -0.465 e. The molecule has 1 aromatic carbocycles. The first-order chi connectivity index (χ1) is 8.72. The number of rotatable bonds is 4. The zero-order valence-corrected chi connectivity index (χ0v) is 9.84. The van der Waals surface area contributed by atoms with Crippen LogP contribution in [0.25, 0.3) is 0 Å². The van der Waals surface area contributed by atoms with Crippen LogP contribution in [0.3, 0.4) is 0 Å². The summed E-state index contributed by atoms with van der Waals surface area (Å²) in [4.78, 5) is 11.5. The lowest BCUT2D eigenvalue weighted by Gasteiger charge is -2.10. The standard InChI is InChI=1S/C12H13N3O3/c1-17-12(16)9-3-2-4-10(11(9)13)14-7-8-5-6-18-15-8/h2-6,14H,7,13H2,1H3. The predicted molar refractivity (Wildman–Crippen MR) is 66.0 cm³/mol. The van der Waals surface area contributed by atoms with Crippen LogP contribution in [0.4, 0.5) is 11.4 Å². The van der Waals surface area contributed by atoms with E-state index in [4.69, 9.17) is 10.3 Å². The Balaban J connectivity index is 2.16. The van der Waals surface area contributed by atoms with Crippen molar-refractivity contribution in [3.05, 3.63) is 41.8 Å². The van der Waals surface area contributed by atoms with Gasteiger partial charge in [-0.05, 0) is 12.1 Å². The number of nitrogens with one attached hydrogen (secondary N) is 1. The van der Waals surface area contributed by atoms with E-state index in [1.54, 1.807) is 24.3 Å². The molecule has 2 rings (SSSR count). The van der Waals surface area contributed by atoms with Gasteiger partial charge in [-0.15, -0.1) is 0 Å². The highest BCUT2D eigenvalue weighted by molar-refractivity contribution is 5.98. The molecular formula is C12H13N3O3. The SMILES string of the molecule is COC(=O)c1cccc(NCc2ccon2)c1N. The summed E-state index contributed by atoms with van der Waals surface area (Å²) in [5.41, 5.74) is 7.98. The topological polar surface area (TPSA) is 90.4 Å². The van der Waals surface area contributed by atoms with Gasteiger partial charge in [0.05, 0.1) is 30.6 Å². The number of ether oxygens (including phenoxy) is 1. The summed E-state index contributed by atoms with van der Waals surface area (Å²) < 4.78 is 9.37. The van der Waals surface area contributed by atoms with E-state index in [0.717, 1.165) is 5.69 Å². The number of aromatic nitrogens is 1. The second kappa shape index (κ2) is 5.22. The third-order valence-electron chi connectivity index (χ3n) is 2.46. The maximum atomic E-state index is 11.5. The molecule has 0 unspecified atom stereocenters. The quantitative estimate of drug-likeness (QED) is 0.630. The van der Waals surface area contributed by atoms with E-state index in [-0.39, 0.29) is 0 Å². The van der Waals surface area contributed by atoms with E-state index in [9.17, 15) is 4.79 Å². The molecule has 6 heteroatoms. The van der Waals surface area contributed by atoms with Crippen LogP contribution in [0.5, 0.6) is 0 Å². The van der Waals surface area contributed by atoms with Crippen molar-refractivity contribution in [2.75, 3.05) is 18.2 Å². The molecule has 1 aromatic heterocycles. The molecule has 0 aliphatic heterocycles. The molecule has 0 aliphatic rings. The van der Waals surface area contributed by atoms with Crippen LogP contribution in [-0.4, -0.2) is 18.2 Å². The molecular weight excluding hydrogens is 234 g/mol. The Kier molecular flexibility index (Phi) is 3.47. The van der Waals surface area contributed by atoms with Gasteiger partial charge >= 0.3 is 5.97 Å². The number of anilines is 2. The number of esters is 1. The van der Waals surface area contributed by atoms with Gasteiger partial charge in [-0.2, -0.15) is 0 Å². The van der Waals surface area contributed by atoms with Gasteiger partial charge in [-0.25, -0.2) is 4.79 Å². The average molecular weight is 247 g/mol. The highest BCUT2D eigenvalue weighted by Crippen LogP contribution is 2.23. The van der Waals surface area contributed by atoms with Crippen LogP contribution in [0.2, 0.25) is 0 Å². The van der Waals surface area contributed by atoms with Crippen molar-refractivity contribution in [3.63, 3.8) is 0 Å². The molecule has 0 atom stereocenters. The molecule has 94 valence electrons. The number of carbonyl (C=O) groups is 1. The minimum atomic E-state index is -0.461. The summed E-state index contributed by atoms with van der Waals surface area (Å²) in [6.45, 7) is 0.464. The number of nitrogens with zero attached hydrogens (tertiary/aromatic N) is 1. The maximum absolute atomic E-state index is 11.5. The molecule has 1 heterocycles. The van der Waals surface area contributed by atoms with Gasteiger partial charge in [0.15, 0.2) is 0 Å². The summed E-state index contributed by atoms with van der Waals surface area (Å²) in [5.74, 6) is -0.461. The molecule has 0 saturated heterocycles. The van der Waals surface area contributed by atoms with Crippen LogP contribution in [0.1, 0.15) is 16.1 Å². The van der Waals surface area contributed by atoms with Gasteiger partial charge in [-0.3, -0.25) is 0 Å². The third-order valence-corrected chi connectivity index (χ3v) is 2.46. The van der Waals surface area contributed by atoms with Crippen molar-refractivity contribution < 1.29 is 14.1 Å². The Morgan fingerprint density at radius 3 is 3.00 bits per heavy atom. The van der Waals surface area contributed by atoms with Crippen molar-refractivity contribution in [1.29, 1.82) is 0 Å². The third kappa shape index (κ3) is 2.42. The molecule has 2 aromatic rings. The van der Waals surface area contributed by atoms with Gasteiger partial charge in [0.1, 0.15) is 12.0 Å². The molecule has 0 fully saturated rings. The second-order valence-electron chi connectivity index (χ2n) is 3.60. The Hall–Kier alpha value is -2.50. The van der Waals surface area contributed by atoms with E-state index in [0.29, 0.717) is 23.5 Å². The molecule has 0 saturated carbocycles. The largest absolute Gasteiger partial charge is 0.465 e. The number of benzene rings is 1. The van der Waals surface area contributed by atoms with E-state index in [1.807, 2.05) is 0 Å². The van der Waals surface area contributed by atoms with Crippen molar-refractivity contribution in [1.82, 2.24) is 5.16 Å². The number of nitrogen functional groups attached to an aromatic ring is 1. The number of methoxy groups -OCH3 is 1. The van der Waals surface area contributed by atoms with Gasteiger partial charge < -0.3 is 20.3 Å². The van der Waals surface area contributed by atoms with Crippen LogP contribution in [0, 0.1) is 0 Å². The van der Waals surface area contributed by atoms with E-state index < -0.39 is 5.97 Å². The molecule has 0 amide bonds. The van der Waals surface area contributed by atoms with Gasteiger partial charge in [0, 0.05) is 6.07 Å². The fourth-order valence-corrected chi connectivity index (χ4v) is 1.52. The van der Waals surface area contributed by atoms with E-state index >= 15 is 0 Å². The van der Waals surface area contributed by atoms with Crippen molar-refractivity contribution >= 4 is 17.3 Å². The van der Waals surface area contributed by atoms with Gasteiger partial charge in [0.25, 0.3) is 0 Å². The van der Waals surface area contributed by atoms with Crippen LogP contribution < -0.4 is 11.1 Å². The van der Waals surface area contributed by atoms with Crippen molar-refractivity contribution in [2.24, 2.45) is 0 Å². The first kappa shape index (κ1) is 12.0. The highest BCUT2D eigenvalue weighted by Gasteiger charge is 2.12. The molecule has 0 aliphatic carbocycles. The molecule has 0 radical (unpaired) electrons. The monoisotopic (exact) mass is 247 g/mol. The highest BCUT2D eigenvalue weighted by atomic mass is 16.5. The number of carbonyl (C=O) groups excluding carboxylic acids is 1. The molecule has 0 spiro atoms. The Labute approximate surface area is 104 Å². The maximum Gasteiger partial charge on any atom is 0.340 e. The van der Waals surface area contributed by atoms with Crippen LogP contribution in [0.15, 0.2) is 35.1 Å². The van der Waals surface area contributed by atoms with Crippen LogP contribution >= 0.6 is 0 Å². The molecule has 6 nitrogen and oxygen atoms in total. The Morgan fingerprint density at radius 2 is 2.33 bits per heavy atom. The number of hydrogen-bond acceptors (Lipinski definition) is 6. The smallest absolute Gasteiger partial charge is 0.340 e. The molecule has 18 heavy (non-hydrogen) atoms. The van der Waals surface area contributed by atoms with Gasteiger partial charge in [0.2, 0.25) is 0 Å². The normalized spacial score (nSPS) is 10.1. The number of nitrogens with two attached hydrogens (primary N) is 1. The summed E-state index contributed by atoms with van der Waals surface area (Å²) in [6.07, 6.45) is 1.49. The lowest BCUT2D eigenvalue weighted by molar-refractivity contribution is 0.0602. The number of hydrogen-bond donors (Lipinski definition) is 2. The Morgan fingerprint density at radius 1 is 1.50 bits per heavy atom. The summed E-state index contributed by atoms with van der Waals surface area (Å²) in [7, 11) is 1.32.